The van der Waals surface area contributed by atoms with Gasteiger partial charge in [0.2, 0.25) is 0 Å². The van der Waals surface area contributed by atoms with Crippen LogP contribution in [0.3, 0.4) is 0 Å². The Morgan fingerprint density at radius 1 is 0.946 bits per heavy atom. The van der Waals surface area contributed by atoms with Gasteiger partial charge in [-0.25, -0.2) is 0 Å². The molecule has 0 aliphatic carbocycles. The van der Waals surface area contributed by atoms with E-state index in [9.17, 15) is 9.59 Å². The molecule has 190 valence electrons. The van der Waals surface area contributed by atoms with E-state index in [1.165, 1.54) is 37.9 Å². The van der Waals surface area contributed by atoms with Crippen molar-refractivity contribution in [1.82, 2.24) is 9.80 Å². The van der Waals surface area contributed by atoms with E-state index in [-0.39, 0.29) is 11.8 Å². The van der Waals surface area contributed by atoms with Gasteiger partial charge in [0.05, 0.1) is 11.3 Å². The highest BCUT2D eigenvalue weighted by Gasteiger charge is 2.29. The number of piperidine rings is 1. The van der Waals surface area contributed by atoms with Crippen molar-refractivity contribution in [2.75, 3.05) is 37.3 Å². The third kappa shape index (κ3) is 5.44. The SMILES string of the molecule is CCN(C)C(=O)c1ccc2c(c1)NC(=O)/C2=C(\Nc1ccc(CN2CCCCC2)cc1)c1ccccc1. The van der Waals surface area contributed by atoms with Crippen molar-refractivity contribution in [2.45, 2.75) is 32.7 Å². The lowest BCUT2D eigenvalue weighted by molar-refractivity contribution is -0.110. The minimum atomic E-state index is -0.184. The number of hydrogen-bond acceptors (Lipinski definition) is 4. The zero-order chi connectivity index (χ0) is 25.8. The molecule has 6 nitrogen and oxygen atoms in total. The predicted octanol–water partition coefficient (Wildman–Crippen LogP) is 5.70. The van der Waals surface area contributed by atoms with Gasteiger partial charge in [-0.3, -0.25) is 14.5 Å². The number of carbonyl (C=O) groups excluding carboxylic acids is 2. The Bertz CT molecular complexity index is 1310. The van der Waals surface area contributed by atoms with Crippen LogP contribution in [-0.2, 0) is 11.3 Å². The number of fused-ring (bicyclic) bond motifs is 1. The zero-order valence-corrected chi connectivity index (χ0v) is 21.6. The number of amides is 2. The van der Waals surface area contributed by atoms with Crippen molar-refractivity contribution < 1.29 is 9.59 Å². The van der Waals surface area contributed by atoms with Crippen LogP contribution in [0.1, 0.15) is 53.2 Å². The monoisotopic (exact) mass is 494 g/mol. The third-order valence-electron chi connectivity index (χ3n) is 7.22. The Balaban J connectivity index is 1.47. The van der Waals surface area contributed by atoms with Crippen LogP contribution in [0.15, 0.2) is 72.8 Å². The largest absolute Gasteiger partial charge is 0.354 e. The maximum Gasteiger partial charge on any atom is 0.258 e. The van der Waals surface area contributed by atoms with Crippen LogP contribution >= 0.6 is 0 Å². The summed E-state index contributed by atoms with van der Waals surface area (Å²) in [5, 5.41) is 6.51. The summed E-state index contributed by atoms with van der Waals surface area (Å²) in [4.78, 5) is 30.1. The second-order valence-electron chi connectivity index (χ2n) is 9.81. The number of hydrogen-bond donors (Lipinski definition) is 2. The molecule has 2 aliphatic heterocycles. The molecule has 0 bridgehead atoms. The fourth-order valence-electron chi connectivity index (χ4n) is 5.02. The molecular formula is C31H34N4O2. The van der Waals surface area contributed by atoms with Crippen LogP contribution in [0, 0.1) is 0 Å². The van der Waals surface area contributed by atoms with E-state index >= 15 is 0 Å². The number of likely N-dealkylation sites (tertiary alicyclic amines) is 1. The average Bonchev–Trinajstić information content (AvgIpc) is 3.27. The molecule has 0 spiro atoms. The lowest BCUT2D eigenvalue weighted by Crippen LogP contribution is -2.29. The van der Waals surface area contributed by atoms with Gasteiger partial charge in [-0.2, -0.15) is 0 Å². The number of nitrogens with one attached hydrogen (secondary N) is 2. The van der Waals surface area contributed by atoms with Gasteiger partial charge in [0.25, 0.3) is 11.8 Å². The Morgan fingerprint density at radius 3 is 2.38 bits per heavy atom. The summed E-state index contributed by atoms with van der Waals surface area (Å²) in [6.07, 6.45) is 3.89. The number of benzene rings is 3. The second-order valence-corrected chi connectivity index (χ2v) is 9.81. The molecule has 1 fully saturated rings. The van der Waals surface area contributed by atoms with Crippen molar-refractivity contribution in [1.29, 1.82) is 0 Å². The highest BCUT2D eigenvalue weighted by Crippen LogP contribution is 2.38. The van der Waals surface area contributed by atoms with Gasteiger partial charge in [-0.1, -0.05) is 55.0 Å². The molecule has 2 N–H and O–H groups in total. The van der Waals surface area contributed by atoms with Crippen LogP contribution < -0.4 is 10.6 Å². The van der Waals surface area contributed by atoms with Crippen LogP contribution in [0.5, 0.6) is 0 Å². The van der Waals surface area contributed by atoms with Gasteiger partial charge in [-0.05, 0) is 68.2 Å². The normalized spacial score (nSPS) is 16.6. The molecule has 5 rings (SSSR count). The average molecular weight is 495 g/mol. The van der Waals surface area contributed by atoms with Crippen molar-refractivity contribution in [3.63, 3.8) is 0 Å². The lowest BCUT2D eigenvalue weighted by atomic mass is 9.98. The molecule has 1 saturated heterocycles. The van der Waals surface area contributed by atoms with E-state index < -0.39 is 0 Å². The Morgan fingerprint density at radius 2 is 1.68 bits per heavy atom. The fraction of sp³-hybridized carbons (Fsp3) is 0.290. The molecular weight excluding hydrogens is 460 g/mol. The van der Waals surface area contributed by atoms with Crippen LogP contribution in [0.2, 0.25) is 0 Å². The summed E-state index contributed by atoms with van der Waals surface area (Å²) < 4.78 is 0. The molecule has 0 unspecified atom stereocenters. The van der Waals surface area contributed by atoms with E-state index in [0.717, 1.165) is 29.1 Å². The second kappa shape index (κ2) is 11.0. The van der Waals surface area contributed by atoms with E-state index in [0.29, 0.717) is 23.4 Å². The first kappa shape index (κ1) is 24.8. The first-order chi connectivity index (χ1) is 18.0. The third-order valence-corrected chi connectivity index (χ3v) is 7.22. The van der Waals surface area contributed by atoms with Gasteiger partial charge < -0.3 is 15.5 Å². The summed E-state index contributed by atoms with van der Waals surface area (Å²) in [6.45, 7) is 5.86. The van der Waals surface area contributed by atoms with Crippen molar-refractivity contribution >= 4 is 34.5 Å². The summed E-state index contributed by atoms with van der Waals surface area (Å²) in [5.74, 6) is -0.250. The quantitative estimate of drug-likeness (QED) is 0.414. The Hall–Kier alpha value is -3.90. The number of anilines is 2. The van der Waals surface area contributed by atoms with Gasteiger partial charge in [-0.15, -0.1) is 0 Å². The Kier molecular flexibility index (Phi) is 7.37. The molecule has 0 atom stereocenters. The van der Waals surface area contributed by atoms with Crippen molar-refractivity contribution in [3.8, 4) is 0 Å². The molecule has 2 heterocycles. The lowest BCUT2D eigenvalue weighted by Gasteiger charge is -2.26. The maximum atomic E-state index is 13.3. The molecule has 0 aromatic heterocycles. The summed E-state index contributed by atoms with van der Waals surface area (Å²) >= 11 is 0. The summed E-state index contributed by atoms with van der Waals surface area (Å²) in [5.41, 5.74) is 6.45. The van der Waals surface area contributed by atoms with Crippen LogP contribution in [0.25, 0.3) is 11.3 Å². The molecule has 2 amide bonds. The van der Waals surface area contributed by atoms with Gasteiger partial charge in [0.15, 0.2) is 0 Å². The van der Waals surface area contributed by atoms with Gasteiger partial charge >= 0.3 is 0 Å². The number of carbonyl (C=O) groups is 2. The first-order valence-corrected chi connectivity index (χ1v) is 13.1. The number of rotatable bonds is 7. The molecule has 6 heteroatoms. The number of nitrogens with zero attached hydrogens (tertiary/aromatic N) is 2. The standard InChI is InChI=1S/C31H34N4O2/c1-3-34(2)31(37)24-14-17-26-27(20-24)33-30(36)28(26)29(23-10-6-4-7-11-23)32-25-15-12-22(13-16-25)21-35-18-8-5-9-19-35/h4,6-7,10-17,20,32H,3,5,8-9,18-19,21H2,1-2H3,(H,33,36)/b29-28-. The minimum absolute atomic E-state index is 0.0666. The maximum absolute atomic E-state index is 13.3. The highest BCUT2D eigenvalue weighted by atomic mass is 16.2. The predicted molar refractivity (Wildman–Crippen MR) is 150 cm³/mol. The van der Waals surface area contributed by atoms with Crippen molar-refractivity contribution in [3.05, 3.63) is 95.1 Å². The van der Waals surface area contributed by atoms with E-state index in [1.54, 1.807) is 24.1 Å². The van der Waals surface area contributed by atoms with E-state index in [1.807, 2.05) is 43.3 Å². The van der Waals surface area contributed by atoms with Gasteiger partial charge in [0, 0.05) is 42.6 Å². The van der Waals surface area contributed by atoms with E-state index in [2.05, 4.69) is 39.8 Å². The first-order valence-electron chi connectivity index (χ1n) is 13.1. The fourth-order valence-corrected chi connectivity index (χ4v) is 5.02. The smallest absolute Gasteiger partial charge is 0.258 e. The minimum Gasteiger partial charge on any atom is -0.354 e. The van der Waals surface area contributed by atoms with Crippen LogP contribution in [-0.4, -0.2) is 48.3 Å². The summed E-state index contributed by atoms with van der Waals surface area (Å²) in [6, 6.07) is 23.8. The topological polar surface area (TPSA) is 64.7 Å². The van der Waals surface area contributed by atoms with Crippen LogP contribution in [0.4, 0.5) is 11.4 Å². The van der Waals surface area contributed by atoms with E-state index in [4.69, 9.17) is 0 Å². The zero-order valence-electron chi connectivity index (χ0n) is 21.6. The molecule has 3 aromatic rings. The molecule has 0 radical (unpaired) electrons. The summed E-state index contributed by atoms with van der Waals surface area (Å²) in [7, 11) is 1.77. The Labute approximate surface area is 219 Å². The molecule has 37 heavy (non-hydrogen) atoms. The highest BCUT2D eigenvalue weighted by molar-refractivity contribution is 6.37. The molecule has 0 saturated carbocycles. The molecule has 3 aromatic carbocycles. The molecule has 2 aliphatic rings. The van der Waals surface area contributed by atoms with Crippen molar-refractivity contribution in [2.24, 2.45) is 0 Å². The van der Waals surface area contributed by atoms with Gasteiger partial charge in [0.1, 0.15) is 0 Å².